The Balaban J connectivity index is 1.10. The molecule has 15 nitrogen and oxygen atoms in total. The lowest BCUT2D eigenvalue weighted by Crippen LogP contribution is -2.21. The Kier molecular flexibility index (Phi) is 9.74. The lowest BCUT2D eigenvalue weighted by molar-refractivity contribution is 0.101. The normalized spacial score (nSPS) is 11.6. The number of hydrogen-bond acceptors (Lipinski definition) is 9. The van der Waals surface area contributed by atoms with Gasteiger partial charge in [-0.1, -0.05) is 24.3 Å². The quantitative estimate of drug-likeness (QED) is 0.0600. The number of rotatable bonds is 8. The summed E-state index contributed by atoms with van der Waals surface area (Å²) in [5.74, 6) is -2.00. The third kappa shape index (κ3) is 7.79. The van der Waals surface area contributed by atoms with E-state index in [1.165, 1.54) is 72.8 Å². The number of anilines is 4. The van der Waals surface area contributed by atoms with Crippen molar-refractivity contribution in [2.24, 2.45) is 0 Å². The van der Waals surface area contributed by atoms with E-state index in [1.807, 2.05) is 0 Å². The van der Waals surface area contributed by atoms with Crippen LogP contribution in [0, 0.1) is 13.8 Å². The molecule has 0 atom stereocenters. The molecule has 17 heteroatoms. The number of carbonyl (C=O) groups excluding carboxylic acids is 3. The Labute approximate surface area is 307 Å². The molecule has 0 heterocycles. The Hall–Kier alpha value is -6.53. The van der Waals surface area contributed by atoms with Crippen LogP contribution < -0.4 is 21.3 Å². The van der Waals surface area contributed by atoms with Crippen LogP contribution in [-0.4, -0.2) is 54.0 Å². The monoisotopic (exact) mass is 770 g/mol. The first-order chi connectivity index (χ1) is 25.4. The van der Waals surface area contributed by atoms with Crippen LogP contribution in [0.3, 0.4) is 0 Å². The third-order valence-electron chi connectivity index (χ3n) is 8.49. The van der Waals surface area contributed by atoms with Crippen molar-refractivity contribution in [3.05, 3.63) is 119 Å². The molecule has 0 aromatic heterocycles. The van der Waals surface area contributed by atoms with E-state index in [0.29, 0.717) is 33.3 Å². The van der Waals surface area contributed by atoms with Gasteiger partial charge in [-0.3, -0.25) is 18.7 Å². The van der Waals surface area contributed by atoms with Gasteiger partial charge in [-0.2, -0.15) is 16.8 Å². The molecule has 6 aromatic rings. The molecule has 0 aliphatic rings. The zero-order chi connectivity index (χ0) is 39.1. The Morgan fingerprint density at radius 2 is 0.833 bits per heavy atom. The molecule has 0 radical (unpaired) electrons. The van der Waals surface area contributed by atoms with Crippen molar-refractivity contribution < 1.29 is 50.5 Å². The van der Waals surface area contributed by atoms with E-state index in [9.17, 15) is 50.5 Å². The number of hydrogen-bond donors (Lipinski definition) is 8. The number of phenols is 2. The van der Waals surface area contributed by atoms with Crippen molar-refractivity contribution in [1.29, 1.82) is 0 Å². The number of amides is 4. The molecule has 0 spiro atoms. The van der Waals surface area contributed by atoms with Gasteiger partial charge in [0, 0.05) is 33.3 Å². The summed E-state index contributed by atoms with van der Waals surface area (Å²) >= 11 is 0. The minimum absolute atomic E-state index is 0.00166. The standard InChI is InChI=1S/C37H30N4O11S2/c1-19-15-23(35(44)38-31-13-5-21-3-9-25(53(47,48)49)17-27(21)33(31)42)7-11-29(19)40-37(46)41-30-12-8-24(16-20(30)2)36(45)39-32-14-6-22-4-10-26(54(50,51)52)18-28(22)34(32)43/h3-18,42-43H,1-2H3,(H,38,44)(H,39,45)(H2,40,41,46)(H,47,48,49)(H,50,51,52). The summed E-state index contributed by atoms with van der Waals surface area (Å²) in [6.07, 6.45) is 0. The first-order valence-corrected chi connectivity index (χ1v) is 18.7. The highest BCUT2D eigenvalue weighted by Crippen LogP contribution is 2.36. The van der Waals surface area contributed by atoms with E-state index in [4.69, 9.17) is 0 Å². The van der Waals surface area contributed by atoms with Crippen molar-refractivity contribution >= 4 is 82.4 Å². The minimum Gasteiger partial charge on any atom is -0.505 e. The second kappa shape index (κ2) is 14.1. The van der Waals surface area contributed by atoms with Gasteiger partial charge in [0.2, 0.25) is 0 Å². The topological polar surface area (TPSA) is 249 Å². The van der Waals surface area contributed by atoms with E-state index in [1.54, 1.807) is 26.0 Å². The Morgan fingerprint density at radius 1 is 0.481 bits per heavy atom. The molecule has 0 unspecified atom stereocenters. The highest BCUT2D eigenvalue weighted by atomic mass is 32.2. The number of aryl methyl sites for hydroxylation is 2. The number of benzene rings is 6. The van der Waals surface area contributed by atoms with E-state index < -0.39 is 59.4 Å². The zero-order valence-electron chi connectivity index (χ0n) is 28.2. The molecule has 4 amide bonds. The van der Waals surface area contributed by atoms with Crippen LogP contribution in [-0.2, 0) is 20.2 Å². The van der Waals surface area contributed by atoms with Crippen molar-refractivity contribution in [1.82, 2.24) is 0 Å². The molecule has 6 aromatic carbocycles. The summed E-state index contributed by atoms with van der Waals surface area (Å²) in [4.78, 5) is 38.2. The molecular formula is C37H30N4O11S2. The average Bonchev–Trinajstić information content (AvgIpc) is 3.11. The van der Waals surface area contributed by atoms with Gasteiger partial charge in [0.05, 0.1) is 21.2 Å². The van der Waals surface area contributed by atoms with Crippen molar-refractivity contribution in [3.63, 3.8) is 0 Å². The number of phenolic OH excluding ortho intramolecular Hbond substituents is 2. The number of aromatic hydroxyl groups is 2. The molecule has 0 saturated heterocycles. The van der Waals surface area contributed by atoms with Crippen molar-refractivity contribution in [2.75, 3.05) is 21.3 Å². The van der Waals surface area contributed by atoms with E-state index in [2.05, 4.69) is 21.3 Å². The lowest BCUT2D eigenvalue weighted by atomic mass is 10.1. The maximum atomic E-state index is 13.1. The summed E-state index contributed by atoms with van der Waals surface area (Å²) in [7, 11) is -9.05. The SMILES string of the molecule is Cc1cc(C(=O)Nc2ccc3ccc(S(=O)(=O)O)cc3c2O)ccc1NC(=O)Nc1ccc(C(=O)Nc2ccc3ccc(S(=O)(=O)O)cc3c2O)cc1C. The van der Waals surface area contributed by atoms with Gasteiger partial charge < -0.3 is 31.5 Å². The van der Waals surface area contributed by atoms with Crippen LogP contribution >= 0.6 is 0 Å². The number of fused-ring (bicyclic) bond motifs is 2. The summed E-state index contributed by atoms with van der Waals surface area (Å²) in [6.45, 7) is 3.33. The first kappa shape index (κ1) is 37.2. The van der Waals surface area contributed by atoms with Crippen LogP contribution in [0.5, 0.6) is 11.5 Å². The zero-order valence-corrected chi connectivity index (χ0v) is 29.8. The highest BCUT2D eigenvalue weighted by Gasteiger charge is 2.18. The molecule has 6 rings (SSSR count). The van der Waals surface area contributed by atoms with Crippen LogP contribution in [0.15, 0.2) is 107 Å². The predicted molar refractivity (Wildman–Crippen MR) is 202 cm³/mol. The van der Waals surface area contributed by atoms with Crippen LogP contribution in [0.2, 0.25) is 0 Å². The highest BCUT2D eigenvalue weighted by molar-refractivity contribution is 7.86. The number of nitrogens with one attached hydrogen (secondary N) is 4. The lowest BCUT2D eigenvalue weighted by Gasteiger charge is -2.14. The minimum atomic E-state index is -4.52. The summed E-state index contributed by atoms with van der Waals surface area (Å²) in [5.41, 5.74) is 2.18. The fraction of sp³-hybridized carbons (Fsp3) is 0.0541. The van der Waals surface area contributed by atoms with Gasteiger partial charge in [0.25, 0.3) is 32.1 Å². The van der Waals surface area contributed by atoms with Crippen molar-refractivity contribution in [3.8, 4) is 11.5 Å². The van der Waals surface area contributed by atoms with Crippen LogP contribution in [0.1, 0.15) is 31.8 Å². The molecule has 0 fully saturated rings. The fourth-order valence-electron chi connectivity index (χ4n) is 5.64. The molecule has 8 N–H and O–H groups in total. The van der Waals surface area contributed by atoms with Gasteiger partial charge in [-0.05, 0) is 109 Å². The molecule has 0 bridgehead atoms. The summed E-state index contributed by atoms with van der Waals surface area (Å²) < 4.78 is 65.0. The maximum Gasteiger partial charge on any atom is 0.323 e. The average molecular weight is 771 g/mol. The van der Waals surface area contributed by atoms with E-state index in [0.717, 1.165) is 12.1 Å². The Morgan fingerprint density at radius 3 is 1.19 bits per heavy atom. The predicted octanol–water partition coefficient (Wildman–Crippen LogP) is 6.66. The largest absolute Gasteiger partial charge is 0.505 e. The second-order valence-corrected chi connectivity index (χ2v) is 15.0. The number of urea groups is 1. The van der Waals surface area contributed by atoms with Gasteiger partial charge in [0.1, 0.15) is 11.5 Å². The van der Waals surface area contributed by atoms with E-state index >= 15 is 0 Å². The second-order valence-electron chi connectivity index (χ2n) is 12.2. The molecule has 54 heavy (non-hydrogen) atoms. The van der Waals surface area contributed by atoms with Crippen LogP contribution in [0.25, 0.3) is 21.5 Å². The maximum absolute atomic E-state index is 13.1. The summed E-state index contributed by atoms with van der Waals surface area (Å²) in [5, 5.41) is 33.2. The van der Waals surface area contributed by atoms with Crippen molar-refractivity contribution in [2.45, 2.75) is 23.6 Å². The molecular weight excluding hydrogens is 741 g/mol. The summed E-state index contributed by atoms with van der Waals surface area (Å²) in [6, 6.07) is 21.7. The smallest absolute Gasteiger partial charge is 0.323 e. The third-order valence-corrected chi connectivity index (χ3v) is 10.2. The van der Waals surface area contributed by atoms with E-state index in [-0.39, 0.29) is 33.3 Å². The van der Waals surface area contributed by atoms with Gasteiger partial charge in [0.15, 0.2) is 0 Å². The molecule has 0 aliphatic heterocycles. The first-order valence-electron chi connectivity index (χ1n) is 15.8. The van der Waals surface area contributed by atoms with Crippen LogP contribution in [0.4, 0.5) is 27.5 Å². The molecule has 0 aliphatic carbocycles. The fourth-order valence-corrected chi connectivity index (χ4v) is 6.66. The Bertz CT molecular complexity index is 2600. The van der Waals surface area contributed by atoms with Gasteiger partial charge in [-0.25, -0.2) is 4.79 Å². The van der Waals surface area contributed by atoms with Gasteiger partial charge >= 0.3 is 6.03 Å². The molecule has 0 saturated carbocycles. The number of carbonyl (C=O) groups is 3. The molecule has 276 valence electrons. The van der Waals surface area contributed by atoms with Gasteiger partial charge in [-0.15, -0.1) is 0 Å².